The van der Waals surface area contributed by atoms with E-state index in [0.29, 0.717) is 5.56 Å². The van der Waals surface area contributed by atoms with Gasteiger partial charge in [0, 0.05) is 50.6 Å². The number of carbonyl (C=O) groups excluding carboxylic acids is 8. The normalized spacial score (nSPS) is 14.3. The molecule has 0 heterocycles. The molecule has 1 unspecified atom stereocenters. The van der Waals surface area contributed by atoms with Gasteiger partial charge < -0.3 is 36.5 Å². The van der Waals surface area contributed by atoms with Crippen LogP contribution < -0.4 is 16.4 Å². The fraction of sp³-hybridized carbons (Fsp3) is 0.641. The fourth-order valence-corrected chi connectivity index (χ4v) is 5.99. The van der Waals surface area contributed by atoms with Crippen LogP contribution in [0.2, 0.25) is 13.1 Å². The van der Waals surface area contributed by atoms with Crippen LogP contribution in [0.1, 0.15) is 108 Å². The van der Waals surface area contributed by atoms with Crippen molar-refractivity contribution in [1.82, 2.24) is 15.5 Å². The first-order valence-corrected chi connectivity index (χ1v) is 19.1. The number of Topliss-reactive ketones (excluding diaryl/α,β-unsaturated/α-hetero) is 4. The number of amides is 4. The number of unbranched alkanes of at least 4 members (excludes halogenated alkanes) is 3. The number of rotatable bonds is 28. The Morgan fingerprint density at radius 1 is 0.818 bits per heavy atom. The zero-order chi connectivity index (χ0) is 41.8. The number of likely N-dealkylation sites (N-methyl/N-ethyl adjacent to an activating group) is 1. The zero-order valence-electron chi connectivity index (χ0n) is 33.2. The lowest BCUT2D eigenvalue weighted by molar-refractivity contribution is -0.143. The van der Waals surface area contributed by atoms with Crippen LogP contribution in [0.3, 0.4) is 0 Å². The van der Waals surface area contributed by atoms with Crippen LogP contribution in [0.15, 0.2) is 24.3 Å². The molecule has 0 aliphatic rings. The van der Waals surface area contributed by atoms with Crippen molar-refractivity contribution >= 4 is 53.7 Å². The summed E-state index contributed by atoms with van der Waals surface area (Å²) in [7, 11) is 1.27. The summed E-state index contributed by atoms with van der Waals surface area (Å²) in [6.07, 6.45) is 2.15. The third kappa shape index (κ3) is 17.8. The van der Waals surface area contributed by atoms with Gasteiger partial charge in [-0.05, 0) is 38.6 Å². The number of hydrogen-bond acceptors (Lipinski definition) is 11. The summed E-state index contributed by atoms with van der Waals surface area (Å²) in [4.78, 5) is 103. The van der Waals surface area contributed by atoms with Crippen LogP contribution >= 0.6 is 0 Å². The SMILES string of the molecule is CCCCCCc1ccc(C(=O)C[C@H](CO)C(=O)N[C@H](C)C(=O)CCC(=O)N(C)[C@H](C(=O)C[C@@H](C)C(=O)N[C@@H](CC(N)=O)C(=O)CCB(C)O)C(C)O)cc1. The van der Waals surface area contributed by atoms with Crippen molar-refractivity contribution in [2.24, 2.45) is 17.6 Å². The average molecular weight is 773 g/mol. The lowest BCUT2D eigenvalue weighted by atomic mass is 9.66. The summed E-state index contributed by atoms with van der Waals surface area (Å²) >= 11 is 0. The molecule has 1 aromatic rings. The van der Waals surface area contributed by atoms with Gasteiger partial charge in [-0.2, -0.15) is 0 Å². The number of aliphatic hydroxyl groups is 2. The van der Waals surface area contributed by atoms with Gasteiger partial charge in [-0.1, -0.05) is 64.2 Å². The van der Waals surface area contributed by atoms with E-state index in [0.717, 1.165) is 36.1 Å². The molecule has 0 saturated carbocycles. The number of carbonyl (C=O) groups is 8. The molecule has 55 heavy (non-hydrogen) atoms. The largest absolute Gasteiger partial charge is 0.451 e. The third-order valence-electron chi connectivity index (χ3n) is 9.52. The van der Waals surface area contributed by atoms with E-state index in [1.807, 2.05) is 12.1 Å². The highest BCUT2D eigenvalue weighted by molar-refractivity contribution is 6.48. The molecule has 4 amide bonds. The highest BCUT2D eigenvalue weighted by Crippen LogP contribution is 2.17. The van der Waals surface area contributed by atoms with Crippen molar-refractivity contribution in [2.45, 2.75) is 136 Å². The second kappa shape index (κ2) is 25.0. The summed E-state index contributed by atoms with van der Waals surface area (Å²) in [5.41, 5.74) is 6.75. The molecule has 0 saturated heterocycles. The van der Waals surface area contributed by atoms with Crippen LogP contribution in [-0.4, -0.2) is 112 Å². The Kier molecular flexibility index (Phi) is 22.2. The standard InChI is InChI=1S/C39H61BN4O11/c1-7-8-9-10-11-27-12-14-28(15-13-27)33(49)21-29(23-45)39(54)42-25(3)31(47)16-17-36(52)44(6)37(26(4)46)34(50)20-24(2)38(53)43-30(22-35(41)51)32(48)18-19-40(5)55/h12-15,24-26,29-30,37,45-46,55H,7-11,16-23H2,1-6H3,(H2,41,51)(H,42,54)(H,43,53)/t24-,25-,26?,29-,30+,37+/m1/s1. The number of aliphatic hydroxyl groups excluding tert-OH is 2. The third-order valence-corrected chi connectivity index (χ3v) is 9.52. The Hall–Kier alpha value is -4.28. The Labute approximate surface area is 324 Å². The molecular weight excluding hydrogens is 711 g/mol. The van der Waals surface area contributed by atoms with Crippen LogP contribution in [0.4, 0.5) is 0 Å². The van der Waals surface area contributed by atoms with Gasteiger partial charge in [-0.25, -0.2) is 0 Å². The summed E-state index contributed by atoms with van der Waals surface area (Å²) in [5, 5.41) is 34.7. The van der Waals surface area contributed by atoms with Crippen molar-refractivity contribution in [2.75, 3.05) is 13.7 Å². The highest BCUT2D eigenvalue weighted by atomic mass is 16.3. The van der Waals surface area contributed by atoms with Gasteiger partial charge in [0.15, 0.2) is 23.1 Å². The van der Waals surface area contributed by atoms with Crippen molar-refractivity contribution in [1.29, 1.82) is 0 Å². The van der Waals surface area contributed by atoms with E-state index in [-0.39, 0.29) is 37.8 Å². The number of benzene rings is 1. The molecule has 0 aliphatic heterocycles. The molecule has 15 nitrogen and oxygen atoms in total. The van der Waals surface area contributed by atoms with Gasteiger partial charge in [0.25, 0.3) is 6.92 Å². The Morgan fingerprint density at radius 2 is 1.45 bits per heavy atom. The molecule has 16 heteroatoms. The first-order chi connectivity index (χ1) is 25.8. The maximum absolute atomic E-state index is 13.3. The van der Waals surface area contributed by atoms with Crippen molar-refractivity contribution in [3.63, 3.8) is 0 Å². The van der Waals surface area contributed by atoms with Crippen molar-refractivity contribution in [3.05, 3.63) is 35.4 Å². The van der Waals surface area contributed by atoms with Crippen LogP contribution in [0.25, 0.3) is 0 Å². The lowest BCUT2D eigenvalue weighted by Crippen LogP contribution is -2.50. The van der Waals surface area contributed by atoms with Crippen LogP contribution in [-0.2, 0) is 40.0 Å². The molecule has 0 radical (unpaired) electrons. The minimum absolute atomic E-state index is 0.106. The molecule has 306 valence electrons. The van der Waals surface area contributed by atoms with E-state index < -0.39 is 103 Å². The monoisotopic (exact) mass is 772 g/mol. The maximum Gasteiger partial charge on any atom is 0.286 e. The van der Waals surface area contributed by atoms with Gasteiger partial charge in [-0.15, -0.1) is 0 Å². The summed E-state index contributed by atoms with van der Waals surface area (Å²) < 4.78 is 0. The molecule has 1 aromatic carbocycles. The number of primary amides is 1. The van der Waals surface area contributed by atoms with Gasteiger partial charge in [0.1, 0.15) is 6.04 Å². The molecule has 7 N–H and O–H groups in total. The summed E-state index contributed by atoms with van der Waals surface area (Å²) in [6.45, 7) is 6.32. The lowest BCUT2D eigenvalue weighted by Gasteiger charge is -2.30. The van der Waals surface area contributed by atoms with Gasteiger partial charge in [0.05, 0.1) is 37.1 Å². The summed E-state index contributed by atoms with van der Waals surface area (Å²) in [6, 6.07) is 3.46. The van der Waals surface area contributed by atoms with E-state index in [1.54, 1.807) is 12.1 Å². The predicted octanol–water partition coefficient (Wildman–Crippen LogP) is 1.58. The predicted molar refractivity (Wildman–Crippen MR) is 207 cm³/mol. The molecular formula is C39H61BN4O11. The van der Waals surface area contributed by atoms with Gasteiger partial charge in [-0.3, -0.25) is 38.4 Å². The average Bonchev–Trinajstić information content (AvgIpc) is 3.12. The second-order valence-electron chi connectivity index (χ2n) is 14.6. The molecule has 0 aliphatic carbocycles. The highest BCUT2D eigenvalue weighted by Gasteiger charge is 2.34. The van der Waals surface area contributed by atoms with Crippen molar-refractivity contribution < 1.29 is 53.6 Å². The Bertz CT molecular complexity index is 1470. The number of ketones is 4. The van der Waals surface area contributed by atoms with E-state index in [2.05, 4.69) is 17.6 Å². The topological polar surface area (TPSA) is 251 Å². The minimum atomic E-state index is -1.38. The van der Waals surface area contributed by atoms with Gasteiger partial charge >= 0.3 is 0 Å². The Morgan fingerprint density at radius 3 is 2.00 bits per heavy atom. The maximum atomic E-state index is 13.3. The number of nitrogens with two attached hydrogens (primary N) is 1. The molecule has 0 aromatic heterocycles. The first kappa shape index (κ1) is 48.7. The van der Waals surface area contributed by atoms with E-state index in [9.17, 15) is 53.6 Å². The summed E-state index contributed by atoms with van der Waals surface area (Å²) in [5.74, 6) is -7.12. The van der Waals surface area contributed by atoms with E-state index in [4.69, 9.17) is 5.73 Å². The molecule has 6 atom stereocenters. The fourth-order valence-electron chi connectivity index (χ4n) is 5.99. The van der Waals surface area contributed by atoms with Gasteiger partial charge in [0.2, 0.25) is 23.6 Å². The number of aryl methyl sites for hydroxylation is 1. The minimum Gasteiger partial charge on any atom is -0.451 e. The van der Waals surface area contributed by atoms with Crippen LogP contribution in [0, 0.1) is 11.8 Å². The van der Waals surface area contributed by atoms with E-state index >= 15 is 0 Å². The molecule has 1 rings (SSSR count). The number of nitrogens with zero attached hydrogens (tertiary/aromatic N) is 1. The molecule has 0 fully saturated rings. The second-order valence-corrected chi connectivity index (χ2v) is 14.6. The number of nitrogens with one attached hydrogen (secondary N) is 2. The zero-order valence-corrected chi connectivity index (χ0v) is 33.2. The number of hydrogen-bond donors (Lipinski definition) is 6. The molecule has 0 bridgehead atoms. The van der Waals surface area contributed by atoms with Crippen LogP contribution in [0.5, 0.6) is 0 Å². The quantitative estimate of drug-likeness (QED) is 0.0405. The first-order valence-electron chi connectivity index (χ1n) is 19.1. The van der Waals surface area contributed by atoms with Crippen molar-refractivity contribution in [3.8, 4) is 0 Å². The molecule has 0 spiro atoms. The van der Waals surface area contributed by atoms with E-state index in [1.165, 1.54) is 41.1 Å². The smallest absolute Gasteiger partial charge is 0.286 e. The Balaban J connectivity index is 2.75.